The number of aliphatic hydroxyl groups excluding tert-OH is 1. The predicted molar refractivity (Wildman–Crippen MR) is 108 cm³/mol. The van der Waals surface area contributed by atoms with Gasteiger partial charge in [0.05, 0.1) is 13.2 Å². The van der Waals surface area contributed by atoms with Gasteiger partial charge < -0.3 is 14.6 Å². The van der Waals surface area contributed by atoms with E-state index in [-0.39, 0.29) is 12.7 Å². The van der Waals surface area contributed by atoms with Crippen LogP contribution in [0.4, 0.5) is 0 Å². The zero-order chi connectivity index (χ0) is 19.8. The second-order valence-electron chi connectivity index (χ2n) is 8.30. The van der Waals surface area contributed by atoms with Crippen molar-refractivity contribution in [1.29, 1.82) is 0 Å². The molecule has 2 fully saturated rings. The Bertz CT molecular complexity index is 856. The van der Waals surface area contributed by atoms with Gasteiger partial charge in [-0.2, -0.15) is 0 Å². The molecule has 1 atom stereocenters. The molecular weight excluding hydrogens is 356 g/mol. The Balaban J connectivity index is 1.60. The van der Waals surface area contributed by atoms with E-state index in [1.54, 1.807) is 0 Å². The van der Waals surface area contributed by atoms with E-state index in [4.69, 9.17) is 19.2 Å². The normalized spacial score (nSPS) is 21.9. The summed E-state index contributed by atoms with van der Waals surface area (Å²) in [5.74, 6) is 0.167. The summed E-state index contributed by atoms with van der Waals surface area (Å²) in [6.07, 6.45) is 3.61. The molecule has 1 saturated heterocycles. The Kier molecular flexibility index (Phi) is 5.19. The van der Waals surface area contributed by atoms with Crippen LogP contribution in [0.1, 0.15) is 45.1 Å². The van der Waals surface area contributed by atoms with Crippen molar-refractivity contribution in [3.05, 3.63) is 48.5 Å². The average Bonchev–Trinajstić information content (AvgIpc) is 3.16. The van der Waals surface area contributed by atoms with Crippen LogP contribution in [0.3, 0.4) is 0 Å². The van der Waals surface area contributed by atoms with Gasteiger partial charge in [-0.05, 0) is 49.3 Å². The Morgan fingerprint density at radius 2 is 1.89 bits per heavy atom. The highest BCUT2D eigenvalue weighted by atomic mass is 17.2. The summed E-state index contributed by atoms with van der Waals surface area (Å²) >= 11 is 0. The molecule has 0 amide bonds. The second-order valence-corrected chi connectivity index (χ2v) is 8.30. The molecule has 1 N–H and O–H groups in total. The summed E-state index contributed by atoms with van der Waals surface area (Å²) in [6, 6.07) is 11.9. The number of hydrogen-bond acceptors (Lipinski definition) is 5. The Labute approximate surface area is 165 Å². The fourth-order valence-corrected chi connectivity index (χ4v) is 3.87. The van der Waals surface area contributed by atoms with E-state index in [9.17, 15) is 5.11 Å². The van der Waals surface area contributed by atoms with Gasteiger partial charge in [0.2, 0.25) is 5.79 Å². The molecule has 1 aliphatic heterocycles. The fraction of sp³-hybridized carbons (Fsp3) is 0.478. The first-order chi connectivity index (χ1) is 13.4. The van der Waals surface area contributed by atoms with Crippen LogP contribution >= 0.6 is 0 Å². The topological polar surface area (TPSA) is 57.2 Å². The number of benzene rings is 2. The molecule has 5 heteroatoms. The van der Waals surface area contributed by atoms with Gasteiger partial charge in [-0.1, -0.05) is 36.9 Å². The van der Waals surface area contributed by atoms with Crippen LogP contribution in [-0.2, 0) is 14.5 Å². The number of rotatable bonds is 5. The zero-order valence-electron chi connectivity index (χ0n) is 16.6. The molecule has 2 aliphatic rings. The Hall–Kier alpha value is -1.92. The van der Waals surface area contributed by atoms with E-state index in [1.807, 2.05) is 50.2 Å². The maximum Gasteiger partial charge on any atom is 0.201 e. The third kappa shape index (κ3) is 3.67. The molecule has 1 heterocycles. The SMILES string of the molecule is C=C(c1ccc(OC(C)(C)CO)c2ccccc12)C1COC2(CCCC2)OO1. The number of aliphatic hydroxyl groups is 1. The van der Waals surface area contributed by atoms with Crippen molar-refractivity contribution in [2.45, 2.75) is 57.0 Å². The standard InChI is InChI=1S/C23H28O5/c1-16(21-14-25-23(28-27-21)12-6-7-13-23)17-10-11-20(26-22(2,3)15-24)19-9-5-4-8-18(17)19/h4-5,8-11,21,24H,1,6-7,12-15H2,2-3H3. The molecule has 1 spiro atoms. The largest absolute Gasteiger partial charge is 0.485 e. The van der Waals surface area contributed by atoms with Crippen molar-refractivity contribution in [1.82, 2.24) is 0 Å². The summed E-state index contributed by atoms with van der Waals surface area (Å²) in [7, 11) is 0. The highest BCUT2D eigenvalue weighted by molar-refractivity contribution is 5.97. The van der Waals surface area contributed by atoms with Crippen molar-refractivity contribution < 1.29 is 24.4 Å². The van der Waals surface area contributed by atoms with Crippen molar-refractivity contribution in [3.8, 4) is 5.75 Å². The molecule has 0 aromatic heterocycles. The summed E-state index contributed by atoms with van der Waals surface area (Å²) in [6.45, 7) is 8.35. The van der Waals surface area contributed by atoms with Gasteiger partial charge >= 0.3 is 0 Å². The molecule has 1 saturated carbocycles. The molecule has 2 aromatic rings. The molecule has 1 unspecified atom stereocenters. The van der Waals surface area contributed by atoms with E-state index in [0.29, 0.717) is 6.61 Å². The summed E-state index contributed by atoms with van der Waals surface area (Å²) in [5.41, 5.74) is 1.13. The van der Waals surface area contributed by atoms with Crippen molar-refractivity contribution in [2.24, 2.45) is 0 Å². The third-order valence-corrected chi connectivity index (χ3v) is 5.56. The van der Waals surface area contributed by atoms with Crippen molar-refractivity contribution in [3.63, 3.8) is 0 Å². The maximum absolute atomic E-state index is 9.54. The van der Waals surface area contributed by atoms with Gasteiger partial charge in [-0.25, -0.2) is 9.78 Å². The highest BCUT2D eigenvalue weighted by Crippen LogP contribution is 2.40. The minimum absolute atomic E-state index is 0.0673. The van der Waals surface area contributed by atoms with Crippen LogP contribution in [0.15, 0.2) is 43.0 Å². The van der Waals surface area contributed by atoms with Gasteiger partial charge in [0, 0.05) is 18.2 Å². The highest BCUT2D eigenvalue weighted by Gasteiger charge is 2.42. The zero-order valence-corrected chi connectivity index (χ0v) is 16.6. The average molecular weight is 384 g/mol. The minimum Gasteiger partial charge on any atom is -0.485 e. The smallest absolute Gasteiger partial charge is 0.201 e. The van der Waals surface area contributed by atoms with Gasteiger partial charge in [0.25, 0.3) is 0 Å². The molecule has 150 valence electrons. The predicted octanol–water partition coefficient (Wildman–Crippen LogP) is 4.62. The van der Waals surface area contributed by atoms with Gasteiger partial charge in [0.15, 0.2) is 0 Å². The molecule has 0 radical (unpaired) electrons. The lowest BCUT2D eigenvalue weighted by molar-refractivity contribution is -0.475. The molecule has 28 heavy (non-hydrogen) atoms. The molecular formula is C23H28O5. The van der Waals surface area contributed by atoms with E-state index in [2.05, 4.69) is 6.58 Å². The lowest BCUT2D eigenvalue weighted by Crippen LogP contribution is -2.43. The first kappa shape index (κ1) is 19.4. The van der Waals surface area contributed by atoms with Gasteiger partial charge in [0.1, 0.15) is 17.5 Å². The Morgan fingerprint density at radius 3 is 2.54 bits per heavy atom. The quantitative estimate of drug-likeness (QED) is 0.763. The number of fused-ring (bicyclic) bond motifs is 1. The van der Waals surface area contributed by atoms with Crippen molar-refractivity contribution in [2.75, 3.05) is 13.2 Å². The molecule has 5 nitrogen and oxygen atoms in total. The van der Waals surface area contributed by atoms with Crippen LogP contribution < -0.4 is 4.74 Å². The molecule has 1 aliphatic carbocycles. The Morgan fingerprint density at radius 1 is 1.18 bits per heavy atom. The lowest BCUT2D eigenvalue weighted by Gasteiger charge is -2.36. The first-order valence-corrected chi connectivity index (χ1v) is 9.92. The van der Waals surface area contributed by atoms with Gasteiger partial charge in [-0.3, -0.25) is 0 Å². The molecule has 2 aromatic carbocycles. The fourth-order valence-electron chi connectivity index (χ4n) is 3.87. The van der Waals surface area contributed by atoms with E-state index >= 15 is 0 Å². The van der Waals surface area contributed by atoms with Crippen LogP contribution in [0.25, 0.3) is 16.3 Å². The molecule has 0 bridgehead atoms. The summed E-state index contributed by atoms with van der Waals surface area (Å²) < 4.78 is 12.1. The first-order valence-electron chi connectivity index (χ1n) is 9.92. The second kappa shape index (κ2) is 7.48. The monoisotopic (exact) mass is 384 g/mol. The minimum atomic E-state index is -0.662. The van der Waals surface area contributed by atoms with E-state index in [1.165, 1.54) is 0 Å². The van der Waals surface area contributed by atoms with E-state index < -0.39 is 11.4 Å². The number of hydrogen-bond donors (Lipinski definition) is 1. The molecule has 4 rings (SSSR count). The van der Waals surface area contributed by atoms with Crippen LogP contribution in [0.5, 0.6) is 5.75 Å². The maximum atomic E-state index is 9.54. The van der Waals surface area contributed by atoms with Crippen LogP contribution in [0, 0.1) is 0 Å². The van der Waals surface area contributed by atoms with E-state index in [0.717, 1.165) is 53.3 Å². The summed E-state index contributed by atoms with van der Waals surface area (Å²) in [5, 5.41) is 11.5. The lowest BCUT2D eigenvalue weighted by atomic mass is 9.95. The number of ether oxygens (including phenoxy) is 2. The van der Waals surface area contributed by atoms with Crippen LogP contribution in [0.2, 0.25) is 0 Å². The van der Waals surface area contributed by atoms with Crippen LogP contribution in [-0.4, -0.2) is 35.8 Å². The van der Waals surface area contributed by atoms with Gasteiger partial charge in [-0.15, -0.1) is 0 Å². The summed E-state index contributed by atoms with van der Waals surface area (Å²) in [4.78, 5) is 11.4. The van der Waals surface area contributed by atoms with Crippen molar-refractivity contribution >= 4 is 16.3 Å². The third-order valence-electron chi connectivity index (χ3n) is 5.56.